The van der Waals surface area contributed by atoms with Gasteiger partial charge in [-0.1, -0.05) is 299 Å². The third kappa shape index (κ3) is 61.7. The maximum Gasteiger partial charge on any atom is 0.306 e. The number of esters is 3. The van der Waals surface area contributed by atoms with Crippen molar-refractivity contribution in [3.8, 4) is 0 Å². The van der Waals surface area contributed by atoms with E-state index in [0.29, 0.717) is 19.3 Å². The maximum atomic E-state index is 12.9. The largest absolute Gasteiger partial charge is 0.462 e. The topological polar surface area (TPSA) is 78.9 Å². The average molecular weight is 1060 g/mol. The summed E-state index contributed by atoms with van der Waals surface area (Å²) in [4.78, 5) is 38.3. The predicted molar refractivity (Wildman–Crippen MR) is 330 cm³/mol. The third-order valence-electron chi connectivity index (χ3n) is 14.4. The Morgan fingerprint density at radius 3 is 0.803 bits per heavy atom. The normalized spacial score (nSPS) is 12.5. The second kappa shape index (κ2) is 64.4. The first-order valence-corrected chi connectivity index (χ1v) is 32.9. The Morgan fingerprint density at radius 2 is 0.513 bits per heavy atom. The summed E-state index contributed by atoms with van der Waals surface area (Å²) in [5.74, 6) is -0.880. The SMILES string of the molecule is CC/C=C\C/C=C\C/C=C\CCCCCCCC(=O)OC(COC(=O)CCCCCCCCCCCCCCCC)COC(=O)CCCCCCCCCCCCCCCC/C=C\C/C=C\C/C=C\CCCCCCC. The number of unbranched alkanes of at least 4 members (excludes halogenated alkanes) is 37. The van der Waals surface area contributed by atoms with Crippen LogP contribution in [0.4, 0.5) is 0 Å². The number of allylic oxidation sites excluding steroid dienone is 12. The molecule has 6 heteroatoms. The van der Waals surface area contributed by atoms with Gasteiger partial charge < -0.3 is 14.2 Å². The number of hydrogen-bond acceptors (Lipinski definition) is 6. The van der Waals surface area contributed by atoms with Gasteiger partial charge in [-0.25, -0.2) is 0 Å². The minimum absolute atomic E-state index is 0.0789. The molecule has 0 aliphatic carbocycles. The zero-order valence-corrected chi connectivity index (χ0v) is 50.5. The Bertz CT molecular complexity index is 1400. The monoisotopic (exact) mass is 1060 g/mol. The van der Waals surface area contributed by atoms with Gasteiger partial charge in [0.15, 0.2) is 6.10 Å². The van der Waals surface area contributed by atoms with Crippen molar-refractivity contribution in [2.75, 3.05) is 13.2 Å². The van der Waals surface area contributed by atoms with Crippen LogP contribution in [0.1, 0.15) is 335 Å². The second-order valence-electron chi connectivity index (χ2n) is 22.0. The van der Waals surface area contributed by atoms with Crippen LogP contribution in [0.3, 0.4) is 0 Å². The summed E-state index contributed by atoms with van der Waals surface area (Å²) < 4.78 is 16.9. The van der Waals surface area contributed by atoms with E-state index >= 15 is 0 Å². The van der Waals surface area contributed by atoms with E-state index in [-0.39, 0.29) is 31.1 Å². The number of ether oxygens (including phenoxy) is 3. The fourth-order valence-electron chi connectivity index (χ4n) is 9.53. The molecule has 0 radical (unpaired) electrons. The molecule has 0 aliphatic heterocycles. The molecule has 0 bridgehead atoms. The lowest BCUT2D eigenvalue weighted by molar-refractivity contribution is -0.167. The van der Waals surface area contributed by atoms with E-state index in [4.69, 9.17) is 14.2 Å². The summed E-state index contributed by atoms with van der Waals surface area (Å²) in [7, 11) is 0. The summed E-state index contributed by atoms with van der Waals surface area (Å²) in [6, 6.07) is 0. The molecule has 0 heterocycles. The quantitative estimate of drug-likeness (QED) is 0.0261. The molecule has 0 aromatic rings. The van der Waals surface area contributed by atoms with Gasteiger partial charge in [-0.15, -0.1) is 0 Å². The van der Waals surface area contributed by atoms with Crippen LogP contribution in [0.15, 0.2) is 72.9 Å². The number of carbonyl (C=O) groups is 3. The van der Waals surface area contributed by atoms with E-state index in [1.807, 2.05) is 0 Å². The van der Waals surface area contributed by atoms with Crippen LogP contribution in [0, 0.1) is 0 Å². The Hall–Kier alpha value is -3.15. The van der Waals surface area contributed by atoms with E-state index in [9.17, 15) is 14.4 Å². The molecule has 1 unspecified atom stereocenters. The van der Waals surface area contributed by atoms with E-state index in [1.54, 1.807) is 0 Å². The molecule has 0 aliphatic rings. The molecular formula is C70H124O6. The number of hydrogen-bond donors (Lipinski definition) is 0. The van der Waals surface area contributed by atoms with Crippen molar-refractivity contribution in [1.82, 2.24) is 0 Å². The van der Waals surface area contributed by atoms with Gasteiger partial charge in [0.05, 0.1) is 0 Å². The summed E-state index contributed by atoms with van der Waals surface area (Å²) in [5.41, 5.74) is 0. The molecule has 6 nitrogen and oxygen atoms in total. The summed E-state index contributed by atoms with van der Waals surface area (Å²) in [6.45, 7) is 6.54. The molecule has 76 heavy (non-hydrogen) atoms. The first-order valence-electron chi connectivity index (χ1n) is 32.9. The van der Waals surface area contributed by atoms with Crippen molar-refractivity contribution in [1.29, 1.82) is 0 Å². The molecular weight excluding hydrogens is 937 g/mol. The van der Waals surface area contributed by atoms with Crippen LogP contribution in [-0.4, -0.2) is 37.2 Å². The highest BCUT2D eigenvalue weighted by molar-refractivity contribution is 5.71. The van der Waals surface area contributed by atoms with E-state index in [2.05, 4.69) is 93.7 Å². The average Bonchev–Trinajstić information content (AvgIpc) is 3.42. The molecule has 440 valence electrons. The molecule has 0 aromatic heterocycles. The van der Waals surface area contributed by atoms with Gasteiger partial charge in [-0.05, 0) is 89.9 Å². The summed E-state index contributed by atoms with van der Waals surface area (Å²) >= 11 is 0. The van der Waals surface area contributed by atoms with Crippen LogP contribution >= 0.6 is 0 Å². The Kier molecular flexibility index (Phi) is 61.7. The van der Waals surface area contributed by atoms with Crippen LogP contribution in [-0.2, 0) is 28.6 Å². The highest BCUT2D eigenvalue weighted by Crippen LogP contribution is 2.17. The van der Waals surface area contributed by atoms with Crippen molar-refractivity contribution in [3.63, 3.8) is 0 Å². The fourth-order valence-corrected chi connectivity index (χ4v) is 9.53. The molecule has 0 amide bonds. The van der Waals surface area contributed by atoms with Crippen molar-refractivity contribution in [2.24, 2.45) is 0 Å². The number of carbonyl (C=O) groups excluding carboxylic acids is 3. The van der Waals surface area contributed by atoms with Gasteiger partial charge in [0.2, 0.25) is 0 Å². The molecule has 0 saturated heterocycles. The Morgan fingerprint density at radius 1 is 0.276 bits per heavy atom. The highest BCUT2D eigenvalue weighted by atomic mass is 16.6. The Labute approximate surface area is 472 Å². The molecule has 1 atom stereocenters. The fraction of sp³-hybridized carbons (Fsp3) is 0.786. The highest BCUT2D eigenvalue weighted by Gasteiger charge is 2.19. The predicted octanol–water partition coefficient (Wildman–Crippen LogP) is 22.5. The van der Waals surface area contributed by atoms with Gasteiger partial charge in [0, 0.05) is 19.3 Å². The van der Waals surface area contributed by atoms with Crippen molar-refractivity contribution < 1.29 is 28.6 Å². The zero-order chi connectivity index (χ0) is 55.0. The van der Waals surface area contributed by atoms with Gasteiger partial charge in [0.25, 0.3) is 0 Å². The molecule has 0 aromatic carbocycles. The lowest BCUT2D eigenvalue weighted by atomic mass is 10.0. The smallest absolute Gasteiger partial charge is 0.306 e. The standard InChI is InChI=1S/C70H124O6/c1-4-7-10-13-16-19-22-25-28-29-30-31-32-33-34-35-36-37-38-39-40-41-43-45-48-51-54-57-60-63-69(72)75-66-67(65-74-68(71)62-59-56-53-50-47-44-27-24-21-18-15-12-9-6-3)76-70(73)64-61-58-55-52-49-46-42-26-23-20-17-14-11-8-5-2/h8,11,17,20,22,25-26,29-30,32-33,42,67H,4-7,9-10,12-16,18-19,21,23-24,27-28,31,34-41,43-66H2,1-3H3/b11-8-,20-17-,25-22-,30-29-,33-32-,42-26-. The third-order valence-corrected chi connectivity index (χ3v) is 14.4. The molecule has 0 N–H and O–H groups in total. The lowest BCUT2D eigenvalue weighted by Gasteiger charge is -2.18. The van der Waals surface area contributed by atoms with Crippen molar-refractivity contribution >= 4 is 17.9 Å². The second-order valence-corrected chi connectivity index (χ2v) is 22.0. The Balaban J connectivity index is 4.22. The van der Waals surface area contributed by atoms with Gasteiger partial charge in [-0.3, -0.25) is 14.4 Å². The van der Waals surface area contributed by atoms with Crippen LogP contribution in [0.2, 0.25) is 0 Å². The van der Waals surface area contributed by atoms with Gasteiger partial charge in [0.1, 0.15) is 13.2 Å². The van der Waals surface area contributed by atoms with Crippen molar-refractivity contribution in [3.05, 3.63) is 72.9 Å². The summed E-state index contributed by atoms with van der Waals surface area (Å²) in [6.07, 6.45) is 83.5. The van der Waals surface area contributed by atoms with E-state index in [1.165, 1.54) is 186 Å². The van der Waals surface area contributed by atoms with Crippen LogP contribution in [0.25, 0.3) is 0 Å². The van der Waals surface area contributed by atoms with Gasteiger partial charge >= 0.3 is 17.9 Å². The van der Waals surface area contributed by atoms with E-state index < -0.39 is 6.10 Å². The van der Waals surface area contributed by atoms with Crippen LogP contribution in [0.5, 0.6) is 0 Å². The molecule has 0 saturated carbocycles. The van der Waals surface area contributed by atoms with Crippen molar-refractivity contribution in [2.45, 2.75) is 341 Å². The molecule has 0 fully saturated rings. The van der Waals surface area contributed by atoms with Gasteiger partial charge in [-0.2, -0.15) is 0 Å². The first-order chi connectivity index (χ1) is 37.5. The van der Waals surface area contributed by atoms with E-state index in [0.717, 1.165) is 109 Å². The van der Waals surface area contributed by atoms with Crippen LogP contribution < -0.4 is 0 Å². The maximum absolute atomic E-state index is 12.9. The number of rotatable bonds is 60. The first kappa shape index (κ1) is 72.8. The minimum Gasteiger partial charge on any atom is -0.462 e. The molecule has 0 spiro atoms. The summed E-state index contributed by atoms with van der Waals surface area (Å²) in [5, 5.41) is 0. The lowest BCUT2D eigenvalue weighted by Crippen LogP contribution is -2.30. The zero-order valence-electron chi connectivity index (χ0n) is 50.5. The minimum atomic E-state index is -0.783. The molecule has 0 rings (SSSR count).